The summed E-state index contributed by atoms with van der Waals surface area (Å²) in [5.41, 5.74) is 5.95. The number of nitrogens with zero attached hydrogens (tertiary/aromatic N) is 1. The molecule has 1 saturated carbocycles. The highest BCUT2D eigenvalue weighted by atomic mass is 16.5. The molecule has 1 aliphatic heterocycles. The van der Waals surface area contributed by atoms with E-state index in [1.54, 1.807) is 0 Å². The molecule has 0 aromatic rings. The standard InChI is InChI=1S/C15H30N2O/c1-17(10-2-4-15-5-3-11-18-15)12-13-6-8-14(16)9-7-13/h13-15H,2-12,16H2,1H3/t13?,14?,15-/m1/s1. The maximum Gasteiger partial charge on any atom is 0.0576 e. The van der Waals surface area contributed by atoms with Gasteiger partial charge in [-0.05, 0) is 70.9 Å². The Morgan fingerprint density at radius 2 is 1.94 bits per heavy atom. The Balaban J connectivity index is 1.52. The Morgan fingerprint density at radius 1 is 1.17 bits per heavy atom. The second-order valence-corrected chi connectivity index (χ2v) is 6.32. The van der Waals surface area contributed by atoms with Gasteiger partial charge in [0, 0.05) is 19.2 Å². The molecule has 18 heavy (non-hydrogen) atoms. The molecule has 1 aliphatic carbocycles. The van der Waals surface area contributed by atoms with Crippen LogP contribution in [0, 0.1) is 5.92 Å². The van der Waals surface area contributed by atoms with Gasteiger partial charge in [0.25, 0.3) is 0 Å². The predicted molar refractivity (Wildman–Crippen MR) is 75.6 cm³/mol. The monoisotopic (exact) mass is 254 g/mol. The van der Waals surface area contributed by atoms with E-state index in [4.69, 9.17) is 10.5 Å². The summed E-state index contributed by atoms with van der Waals surface area (Å²) in [5.74, 6) is 0.887. The van der Waals surface area contributed by atoms with Crippen molar-refractivity contribution in [2.24, 2.45) is 11.7 Å². The molecule has 3 nitrogen and oxygen atoms in total. The van der Waals surface area contributed by atoms with Gasteiger partial charge in [-0.15, -0.1) is 0 Å². The lowest BCUT2D eigenvalue weighted by Crippen LogP contribution is -2.33. The number of hydrogen-bond acceptors (Lipinski definition) is 3. The van der Waals surface area contributed by atoms with Gasteiger partial charge < -0.3 is 15.4 Å². The average molecular weight is 254 g/mol. The van der Waals surface area contributed by atoms with Gasteiger partial charge in [0.1, 0.15) is 0 Å². The van der Waals surface area contributed by atoms with Gasteiger partial charge in [-0.25, -0.2) is 0 Å². The third-order valence-electron chi connectivity index (χ3n) is 4.55. The van der Waals surface area contributed by atoms with E-state index in [0.717, 1.165) is 12.5 Å². The second-order valence-electron chi connectivity index (χ2n) is 6.32. The van der Waals surface area contributed by atoms with Gasteiger partial charge in [0.15, 0.2) is 0 Å². The largest absolute Gasteiger partial charge is 0.378 e. The molecule has 2 rings (SSSR count). The van der Waals surface area contributed by atoms with E-state index in [2.05, 4.69) is 11.9 Å². The van der Waals surface area contributed by atoms with Crippen LogP contribution in [0.4, 0.5) is 0 Å². The molecule has 2 aliphatic rings. The van der Waals surface area contributed by atoms with Gasteiger partial charge in [-0.1, -0.05) is 0 Å². The molecule has 0 aromatic heterocycles. The highest BCUT2D eigenvalue weighted by Gasteiger charge is 2.20. The van der Waals surface area contributed by atoms with Crippen LogP contribution in [0.5, 0.6) is 0 Å². The third kappa shape index (κ3) is 4.87. The predicted octanol–water partition coefficient (Wildman–Crippen LogP) is 2.39. The van der Waals surface area contributed by atoms with E-state index in [1.807, 2.05) is 0 Å². The van der Waals surface area contributed by atoms with Crippen molar-refractivity contribution >= 4 is 0 Å². The number of rotatable bonds is 6. The Hall–Kier alpha value is -0.120. The minimum atomic E-state index is 0.478. The second kappa shape index (κ2) is 7.46. The molecule has 1 saturated heterocycles. The van der Waals surface area contributed by atoms with E-state index < -0.39 is 0 Å². The molecule has 0 unspecified atom stereocenters. The van der Waals surface area contributed by atoms with Crippen molar-refractivity contribution in [2.75, 3.05) is 26.7 Å². The van der Waals surface area contributed by atoms with E-state index >= 15 is 0 Å². The molecule has 0 spiro atoms. The number of hydrogen-bond donors (Lipinski definition) is 1. The summed E-state index contributed by atoms with van der Waals surface area (Å²) < 4.78 is 5.66. The van der Waals surface area contributed by atoms with Gasteiger partial charge in [0.2, 0.25) is 0 Å². The Labute approximate surface area is 112 Å². The normalized spacial score (nSPS) is 33.2. The topological polar surface area (TPSA) is 38.5 Å². The van der Waals surface area contributed by atoms with E-state index in [0.29, 0.717) is 12.1 Å². The maximum atomic E-state index is 5.95. The summed E-state index contributed by atoms with van der Waals surface area (Å²) in [6.45, 7) is 3.48. The van der Waals surface area contributed by atoms with Gasteiger partial charge >= 0.3 is 0 Å². The van der Waals surface area contributed by atoms with Crippen molar-refractivity contribution in [2.45, 2.75) is 63.5 Å². The highest BCUT2D eigenvalue weighted by Crippen LogP contribution is 2.24. The van der Waals surface area contributed by atoms with Crippen molar-refractivity contribution in [1.82, 2.24) is 4.90 Å². The van der Waals surface area contributed by atoms with Gasteiger partial charge in [-0.3, -0.25) is 0 Å². The van der Waals surface area contributed by atoms with Crippen molar-refractivity contribution in [3.63, 3.8) is 0 Å². The summed E-state index contributed by atoms with van der Waals surface area (Å²) in [6, 6.07) is 0.478. The van der Waals surface area contributed by atoms with Crippen LogP contribution in [0.15, 0.2) is 0 Å². The lowest BCUT2D eigenvalue weighted by atomic mass is 9.86. The summed E-state index contributed by atoms with van der Waals surface area (Å²) in [7, 11) is 2.27. The molecule has 2 N–H and O–H groups in total. The highest BCUT2D eigenvalue weighted by molar-refractivity contribution is 4.76. The lowest BCUT2D eigenvalue weighted by Gasteiger charge is -2.29. The van der Waals surface area contributed by atoms with Crippen molar-refractivity contribution in [1.29, 1.82) is 0 Å². The van der Waals surface area contributed by atoms with Crippen LogP contribution in [0.25, 0.3) is 0 Å². The average Bonchev–Trinajstić information content (AvgIpc) is 2.85. The van der Waals surface area contributed by atoms with Crippen LogP contribution in [0.3, 0.4) is 0 Å². The summed E-state index contributed by atoms with van der Waals surface area (Å²) in [4.78, 5) is 2.51. The molecule has 1 heterocycles. The van der Waals surface area contributed by atoms with Crippen molar-refractivity contribution in [3.05, 3.63) is 0 Å². The zero-order valence-electron chi connectivity index (χ0n) is 11.9. The maximum absolute atomic E-state index is 5.95. The molecule has 106 valence electrons. The molecule has 0 aromatic carbocycles. The molecule has 0 bridgehead atoms. The fraction of sp³-hybridized carbons (Fsp3) is 1.00. The fourth-order valence-corrected chi connectivity index (χ4v) is 3.36. The smallest absolute Gasteiger partial charge is 0.0576 e. The minimum absolute atomic E-state index is 0.478. The first kappa shape index (κ1) is 14.3. The van der Waals surface area contributed by atoms with Crippen LogP contribution >= 0.6 is 0 Å². The van der Waals surface area contributed by atoms with Crippen LogP contribution in [0.2, 0.25) is 0 Å². The van der Waals surface area contributed by atoms with Crippen LogP contribution < -0.4 is 5.73 Å². The first-order valence-corrected chi connectivity index (χ1v) is 7.80. The molecule has 0 radical (unpaired) electrons. The number of ether oxygens (including phenoxy) is 1. The van der Waals surface area contributed by atoms with Gasteiger partial charge in [-0.2, -0.15) is 0 Å². The van der Waals surface area contributed by atoms with E-state index in [9.17, 15) is 0 Å². The fourth-order valence-electron chi connectivity index (χ4n) is 3.36. The lowest BCUT2D eigenvalue weighted by molar-refractivity contribution is 0.0987. The Bertz CT molecular complexity index is 221. The van der Waals surface area contributed by atoms with E-state index in [1.165, 1.54) is 64.5 Å². The molecular weight excluding hydrogens is 224 g/mol. The van der Waals surface area contributed by atoms with E-state index in [-0.39, 0.29) is 0 Å². The zero-order chi connectivity index (χ0) is 12.8. The number of nitrogens with two attached hydrogens (primary N) is 1. The molecule has 1 atom stereocenters. The third-order valence-corrected chi connectivity index (χ3v) is 4.55. The first-order chi connectivity index (χ1) is 8.74. The summed E-state index contributed by atoms with van der Waals surface area (Å²) in [6.07, 6.45) is 10.8. The minimum Gasteiger partial charge on any atom is -0.378 e. The first-order valence-electron chi connectivity index (χ1n) is 7.80. The van der Waals surface area contributed by atoms with Crippen LogP contribution in [-0.2, 0) is 4.74 Å². The summed E-state index contributed by atoms with van der Waals surface area (Å²) >= 11 is 0. The van der Waals surface area contributed by atoms with Gasteiger partial charge in [0.05, 0.1) is 6.10 Å². The molecule has 2 fully saturated rings. The van der Waals surface area contributed by atoms with Crippen LogP contribution in [-0.4, -0.2) is 43.8 Å². The summed E-state index contributed by atoms with van der Waals surface area (Å²) in [5, 5.41) is 0. The zero-order valence-corrected chi connectivity index (χ0v) is 11.9. The van der Waals surface area contributed by atoms with Crippen LogP contribution in [0.1, 0.15) is 51.4 Å². The molecule has 0 amide bonds. The Kier molecular flexibility index (Phi) is 5.93. The SMILES string of the molecule is CN(CCC[C@@H]1CCCO1)CC1CCC(N)CC1. The quantitative estimate of drug-likeness (QED) is 0.791. The Morgan fingerprint density at radius 3 is 2.61 bits per heavy atom. The van der Waals surface area contributed by atoms with Crippen molar-refractivity contribution in [3.8, 4) is 0 Å². The van der Waals surface area contributed by atoms with Crippen molar-refractivity contribution < 1.29 is 4.74 Å². The molecular formula is C15H30N2O. The molecule has 3 heteroatoms.